The van der Waals surface area contributed by atoms with E-state index in [4.69, 9.17) is 0 Å². The van der Waals surface area contributed by atoms with Gasteiger partial charge in [-0.05, 0) is 25.8 Å². The molecule has 1 aromatic carbocycles. The minimum Gasteiger partial charge on any atom is -0.355 e. The molecule has 3 heterocycles. The number of halogens is 3. The maximum absolute atomic E-state index is 13.1. The molecular formula is C20H23F3N6. The second-order valence-corrected chi connectivity index (χ2v) is 7.48. The summed E-state index contributed by atoms with van der Waals surface area (Å²) in [7, 11) is 0. The van der Waals surface area contributed by atoms with Gasteiger partial charge >= 0.3 is 6.18 Å². The van der Waals surface area contributed by atoms with Crippen LogP contribution in [0.3, 0.4) is 0 Å². The molecule has 3 aromatic rings. The van der Waals surface area contributed by atoms with E-state index in [0.717, 1.165) is 26.1 Å². The molecule has 4 rings (SSSR count). The van der Waals surface area contributed by atoms with Crippen molar-refractivity contribution in [2.45, 2.75) is 39.0 Å². The van der Waals surface area contributed by atoms with Crippen molar-refractivity contribution in [1.82, 2.24) is 24.5 Å². The number of benzene rings is 1. The highest BCUT2D eigenvalue weighted by molar-refractivity contribution is 5.48. The number of hydrogen-bond acceptors (Lipinski definition) is 5. The zero-order chi connectivity index (χ0) is 20.6. The molecule has 9 heteroatoms. The molecule has 0 saturated carbocycles. The highest BCUT2D eigenvalue weighted by Crippen LogP contribution is 2.28. The van der Waals surface area contributed by atoms with Crippen molar-refractivity contribution < 1.29 is 13.2 Å². The Bertz CT molecular complexity index is 985. The first-order valence-corrected chi connectivity index (χ1v) is 9.66. The van der Waals surface area contributed by atoms with Crippen LogP contribution in [0.5, 0.6) is 0 Å². The van der Waals surface area contributed by atoms with Crippen molar-refractivity contribution in [2.24, 2.45) is 0 Å². The van der Waals surface area contributed by atoms with Crippen LogP contribution in [-0.2, 0) is 12.7 Å². The van der Waals surface area contributed by atoms with Crippen LogP contribution in [0.4, 0.5) is 19.0 Å². The fourth-order valence-electron chi connectivity index (χ4n) is 3.70. The zero-order valence-electron chi connectivity index (χ0n) is 16.4. The molecule has 0 amide bonds. The normalized spacial score (nSPS) is 18.9. The second-order valence-electron chi connectivity index (χ2n) is 7.48. The highest BCUT2D eigenvalue weighted by Gasteiger charge is 2.37. The fraction of sp³-hybridized carbons (Fsp3) is 0.450. The van der Waals surface area contributed by atoms with E-state index in [1.807, 2.05) is 18.2 Å². The van der Waals surface area contributed by atoms with Crippen molar-refractivity contribution in [3.05, 3.63) is 53.5 Å². The van der Waals surface area contributed by atoms with Crippen LogP contribution in [0.1, 0.15) is 30.4 Å². The van der Waals surface area contributed by atoms with Gasteiger partial charge in [0.15, 0.2) is 0 Å². The topological polar surface area (TPSA) is 49.6 Å². The molecule has 1 unspecified atom stereocenters. The summed E-state index contributed by atoms with van der Waals surface area (Å²) in [5.41, 5.74) is 1.87. The summed E-state index contributed by atoms with van der Waals surface area (Å²) in [5.74, 6) is -0.583. The van der Waals surface area contributed by atoms with Crippen LogP contribution in [-0.4, -0.2) is 50.2 Å². The van der Waals surface area contributed by atoms with E-state index in [1.165, 1.54) is 10.1 Å². The van der Waals surface area contributed by atoms with Gasteiger partial charge in [0.1, 0.15) is 5.82 Å². The fourth-order valence-corrected chi connectivity index (χ4v) is 3.70. The van der Waals surface area contributed by atoms with Gasteiger partial charge in [0.2, 0.25) is 0 Å². The summed E-state index contributed by atoms with van der Waals surface area (Å²) >= 11 is 0. The van der Waals surface area contributed by atoms with Gasteiger partial charge in [0.25, 0.3) is 11.6 Å². The molecule has 29 heavy (non-hydrogen) atoms. The maximum Gasteiger partial charge on any atom is 0.453 e. The molecular weight excluding hydrogens is 381 g/mol. The molecule has 0 aliphatic carbocycles. The number of fused-ring (bicyclic) bond motifs is 1. The average molecular weight is 404 g/mol. The van der Waals surface area contributed by atoms with Gasteiger partial charge in [-0.3, -0.25) is 4.90 Å². The minimum absolute atomic E-state index is 0.0224. The van der Waals surface area contributed by atoms with E-state index in [0.29, 0.717) is 24.1 Å². The molecule has 1 aliphatic rings. The summed E-state index contributed by atoms with van der Waals surface area (Å²) < 4.78 is 40.5. The summed E-state index contributed by atoms with van der Waals surface area (Å²) in [4.78, 5) is 12.2. The first-order valence-electron chi connectivity index (χ1n) is 9.66. The number of aryl methyl sites for hydroxylation is 1. The van der Waals surface area contributed by atoms with Crippen LogP contribution in [0.2, 0.25) is 0 Å². The number of hydrogen-bond donors (Lipinski definition) is 0. The number of aromatic nitrogens is 4. The Kier molecular flexibility index (Phi) is 5.16. The lowest BCUT2D eigenvalue weighted by atomic mass is 10.1. The molecule has 1 saturated heterocycles. The molecule has 0 bridgehead atoms. The van der Waals surface area contributed by atoms with Crippen LogP contribution < -0.4 is 4.90 Å². The summed E-state index contributed by atoms with van der Waals surface area (Å²) in [6.45, 7) is 7.02. The van der Waals surface area contributed by atoms with Gasteiger partial charge < -0.3 is 4.90 Å². The first kappa shape index (κ1) is 19.6. The standard InChI is InChI=1S/C20H23F3N6/c1-14-12-17(29-19(24-14)25-18(26-29)20(21,22)23)27-9-8-15(2)28(11-10-27)13-16-6-4-3-5-7-16/h3-7,12,15H,8-11,13H2,1-2H3. The van der Waals surface area contributed by atoms with E-state index >= 15 is 0 Å². The minimum atomic E-state index is -4.60. The molecule has 1 aliphatic heterocycles. The van der Waals surface area contributed by atoms with E-state index in [9.17, 15) is 13.2 Å². The van der Waals surface area contributed by atoms with Crippen LogP contribution in [0, 0.1) is 6.92 Å². The van der Waals surface area contributed by atoms with Gasteiger partial charge in [-0.15, -0.1) is 5.10 Å². The predicted molar refractivity (Wildman–Crippen MR) is 104 cm³/mol. The van der Waals surface area contributed by atoms with E-state index in [1.54, 1.807) is 13.0 Å². The van der Waals surface area contributed by atoms with Crippen molar-refractivity contribution in [1.29, 1.82) is 0 Å². The lowest BCUT2D eigenvalue weighted by Gasteiger charge is -2.26. The summed E-state index contributed by atoms with van der Waals surface area (Å²) in [6.07, 6.45) is -3.70. The van der Waals surface area contributed by atoms with Crippen LogP contribution in [0.25, 0.3) is 5.78 Å². The molecule has 1 fully saturated rings. The molecule has 2 aromatic heterocycles. The lowest BCUT2D eigenvalue weighted by molar-refractivity contribution is -0.144. The lowest BCUT2D eigenvalue weighted by Crippen LogP contribution is -2.34. The Morgan fingerprint density at radius 2 is 1.83 bits per heavy atom. The molecule has 6 nitrogen and oxygen atoms in total. The molecule has 154 valence electrons. The van der Waals surface area contributed by atoms with Gasteiger partial charge in [-0.2, -0.15) is 22.7 Å². The van der Waals surface area contributed by atoms with Gasteiger partial charge in [-0.1, -0.05) is 30.3 Å². The van der Waals surface area contributed by atoms with Crippen molar-refractivity contribution in [3.63, 3.8) is 0 Å². The molecule has 0 N–H and O–H groups in total. The Morgan fingerprint density at radius 1 is 1.07 bits per heavy atom. The smallest absolute Gasteiger partial charge is 0.355 e. The van der Waals surface area contributed by atoms with Crippen molar-refractivity contribution in [2.75, 3.05) is 24.5 Å². The van der Waals surface area contributed by atoms with Gasteiger partial charge in [0.05, 0.1) is 0 Å². The number of anilines is 1. The Hall–Kier alpha value is -2.68. The second kappa shape index (κ2) is 7.62. The van der Waals surface area contributed by atoms with E-state index in [-0.39, 0.29) is 5.78 Å². The van der Waals surface area contributed by atoms with Crippen molar-refractivity contribution in [3.8, 4) is 0 Å². The monoisotopic (exact) mass is 404 g/mol. The quantitative estimate of drug-likeness (QED) is 0.668. The highest BCUT2D eigenvalue weighted by atomic mass is 19.4. The number of alkyl halides is 3. The first-order chi connectivity index (χ1) is 13.8. The third-order valence-corrected chi connectivity index (χ3v) is 5.32. The van der Waals surface area contributed by atoms with E-state index in [2.05, 4.69) is 43.9 Å². The summed E-state index contributed by atoms with van der Waals surface area (Å²) in [6, 6.07) is 12.4. The van der Waals surface area contributed by atoms with Crippen molar-refractivity contribution >= 4 is 11.6 Å². The third kappa shape index (κ3) is 4.19. The Balaban J connectivity index is 1.60. The Morgan fingerprint density at radius 3 is 2.55 bits per heavy atom. The van der Waals surface area contributed by atoms with Crippen LogP contribution in [0.15, 0.2) is 36.4 Å². The SMILES string of the molecule is Cc1cc(N2CCC(C)N(Cc3ccccc3)CC2)n2nc(C(F)(F)F)nc2n1. The van der Waals surface area contributed by atoms with Crippen LogP contribution >= 0.6 is 0 Å². The predicted octanol–water partition coefficient (Wildman–Crippen LogP) is 3.55. The third-order valence-electron chi connectivity index (χ3n) is 5.32. The van der Waals surface area contributed by atoms with Gasteiger partial charge in [0, 0.05) is 44.0 Å². The number of nitrogens with zero attached hydrogens (tertiary/aromatic N) is 6. The average Bonchev–Trinajstić information content (AvgIpc) is 3.03. The molecule has 0 spiro atoms. The molecule has 0 radical (unpaired) electrons. The Labute approximate surface area is 167 Å². The van der Waals surface area contributed by atoms with E-state index < -0.39 is 12.0 Å². The summed E-state index contributed by atoms with van der Waals surface area (Å²) in [5, 5.41) is 3.70. The maximum atomic E-state index is 13.1. The zero-order valence-corrected chi connectivity index (χ0v) is 16.4. The van der Waals surface area contributed by atoms with Gasteiger partial charge in [-0.25, -0.2) is 4.98 Å². The largest absolute Gasteiger partial charge is 0.453 e. The molecule has 1 atom stereocenters. The number of rotatable bonds is 3.